The van der Waals surface area contributed by atoms with Crippen molar-refractivity contribution in [2.45, 2.75) is 13.8 Å². The lowest BCUT2D eigenvalue weighted by Gasteiger charge is -2.08. The molecule has 1 N–H and O–H groups in total. The summed E-state index contributed by atoms with van der Waals surface area (Å²) in [7, 11) is 0. The Bertz CT molecular complexity index is 766. The molecule has 0 fully saturated rings. The highest BCUT2D eigenvalue weighted by molar-refractivity contribution is 7.71. The molecule has 0 bridgehead atoms. The number of rotatable bonds is 2. The number of H-pyrrole nitrogens is 1. The molecule has 0 spiro atoms. The highest BCUT2D eigenvalue weighted by atomic mass is 32.1. The van der Waals surface area contributed by atoms with Gasteiger partial charge in [-0.2, -0.15) is 5.10 Å². The van der Waals surface area contributed by atoms with Crippen LogP contribution in [0.25, 0.3) is 16.4 Å². The summed E-state index contributed by atoms with van der Waals surface area (Å²) in [5.41, 5.74) is 3.57. The average Bonchev–Trinajstić information content (AvgIpc) is 3.01. The first-order chi connectivity index (χ1) is 9.16. The largest absolute Gasteiger partial charge is 0.267 e. The van der Waals surface area contributed by atoms with Gasteiger partial charge in [-0.25, -0.2) is 0 Å². The Morgan fingerprint density at radius 3 is 2.74 bits per heavy atom. The van der Waals surface area contributed by atoms with Crippen LogP contribution < -0.4 is 0 Å². The molecule has 0 radical (unpaired) electrons. The van der Waals surface area contributed by atoms with Gasteiger partial charge in [0.1, 0.15) is 0 Å². The summed E-state index contributed by atoms with van der Waals surface area (Å²) in [6.07, 6.45) is 0. The van der Waals surface area contributed by atoms with Crippen LogP contribution in [0.1, 0.15) is 11.1 Å². The molecule has 0 aliphatic heterocycles. The van der Waals surface area contributed by atoms with Crippen LogP contribution in [-0.2, 0) is 0 Å². The van der Waals surface area contributed by atoms with Gasteiger partial charge >= 0.3 is 0 Å². The highest BCUT2D eigenvalue weighted by Crippen LogP contribution is 2.26. The van der Waals surface area contributed by atoms with Crippen molar-refractivity contribution in [1.29, 1.82) is 0 Å². The molecule has 0 atom stereocenters. The van der Waals surface area contributed by atoms with Crippen LogP contribution in [0.2, 0.25) is 0 Å². The molecule has 3 aromatic rings. The zero-order valence-corrected chi connectivity index (χ0v) is 12.3. The predicted octanol–water partition coefficient (Wildman–Crippen LogP) is 4.28. The molecule has 0 unspecified atom stereocenters. The van der Waals surface area contributed by atoms with E-state index in [1.165, 1.54) is 11.1 Å². The Hall–Kier alpha value is -1.72. The van der Waals surface area contributed by atoms with Crippen LogP contribution in [-0.4, -0.2) is 14.8 Å². The maximum atomic E-state index is 5.35. The lowest BCUT2D eigenvalue weighted by Crippen LogP contribution is -1.98. The number of nitrogens with zero attached hydrogens (tertiary/aromatic N) is 2. The Kier molecular flexibility index (Phi) is 3.08. The summed E-state index contributed by atoms with van der Waals surface area (Å²) in [6, 6.07) is 10.4. The second-order valence-electron chi connectivity index (χ2n) is 4.43. The molecule has 0 amide bonds. The van der Waals surface area contributed by atoms with Crippen LogP contribution in [0.15, 0.2) is 35.7 Å². The number of aromatic amines is 1. The van der Waals surface area contributed by atoms with Crippen LogP contribution in [0.4, 0.5) is 0 Å². The van der Waals surface area contributed by atoms with Crippen molar-refractivity contribution in [2.75, 3.05) is 0 Å². The molecule has 3 nitrogen and oxygen atoms in total. The van der Waals surface area contributed by atoms with Gasteiger partial charge in [-0.3, -0.25) is 9.67 Å². The average molecular weight is 287 g/mol. The van der Waals surface area contributed by atoms with E-state index in [0.717, 1.165) is 16.4 Å². The highest BCUT2D eigenvalue weighted by Gasteiger charge is 2.11. The Balaban J connectivity index is 2.22. The molecule has 1 aromatic carbocycles. The van der Waals surface area contributed by atoms with Gasteiger partial charge in [0.25, 0.3) is 0 Å². The minimum absolute atomic E-state index is 0.617. The van der Waals surface area contributed by atoms with Gasteiger partial charge in [-0.15, -0.1) is 11.3 Å². The van der Waals surface area contributed by atoms with E-state index in [-0.39, 0.29) is 0 Å². The third kappa shape index (κ3) is 2.15. The van der Waals surface area contributed by atoms with Crippen molar-refractivity contribution >= 4 is 23.6 Å². The Morgan fingerprint density at radius 1 is 1.21 bits per heavy atom. The Morgan fingerprint density at radius 2 is 2.05 bits per heavy atom. The lowest BCUT2D eigenvalue weighted by molar-refractivity contribution is 1.03. The second-order valence-corrected chi connectivity index (χ2v) is 5.77. The smallest absolute Gasteiger partial charge is 0.200 e. The molecule has 2 aromatic heterocycles. The van der Waals surface area contributed by atoms with Crippen molar-refractivity contribution in [3.63, 3.8) is 0 Å². The van der Waals surface area contributed by atoms with E-state index >= 15 is 0 Å². The molecule has 19 heavy (non-hydrogen) atoms. The molecule has 3 rings (SSSR count). The fraction of sp³-hybridized carbons (Fsp3) is 0.143. The molecule has 2 heterocycles. The van der Waals surface area contributed by atoms with Gasteiger partial charge in [0.15, 0.2) is 10.6 Å². The van der Waals surface area contributed by atoms with E-state index in [1.807, 2.05) is 22.1 Å². The van der Waals surface area contributed by atoms with E-state index < -0.39 is 0 Å². The quantitative estimate of drug-likeness (QED) is 0.714. The molecule has 96 valence electrons. The van der Waals surface area contributed by atoms with Crippen LogP contribution in [0.3, 0.4) is 0 Å². The first-order valence-electron chi connectivity index (χ1n) is 5.96. The van der Waals surface area contributed by atoms with E-state index in [4.69, 9.17) is 12.2 Å². The van der Waals surface area contributed by atoms with Gasteiger partial charge in [0.05, 0.1) is 10.6 Å². The zero-order chi connectivity index (χ0) is 13.4. The van der Waals surface area contributed by atoms with Crippen molar-refractivity contribution < 1.29 is 0 Å². The van der Waals surface area contributed by atoms with Gasteiger partial charge in [-0.1, -0.05) is 12.1 Å². The van der Waals surface area contributed by atoms with E-state index in [1.54, 1.807) is 11.3 Å². The zero-order valence-electron chi connectivity index (χ0n) is 10.7. The summed E-state index contributed by atoms with van der Waals surface area (Å²) >= 11 is 7.01. The van der Waals surface area contributed by atoms with Gasteiger partial charge in [-0.05, 0) is 60.8 Å². The number of thiophene rings is 1. The minimum Gasteiger partial charge on any atom is -0.267 e. The van der Waals surface area contributed by atoms with E-state index in [2.05, 4.69) is 42.2 Å². The maximum absolute atomic E-state index is 5.35. The number of hydrogen-bond acceptors (Lipinski definition) is 3. The number of benzene rings is 1. The second kappa shape index (κ2) is 4.75. The van der Waals surface area contributed by atoms with E-state index in [9.17, 15) is 0 Å². The SMILES string of the molecule is Cc1ccc(-n2c(-c3cccs3)n[nH]c2=S)cc1C. The maximum Gasteiger partial charge on any atom is 0.200 e. The Labute approximate surface area is 120 Å². The monoisotopic (exact) mass is 287 g/mol. The van der Waals surface area contributed by atoms with Crippen LogP contribution in [0.5, 0.6) is 0 Å². The summed E-state index contributed by atoms with van der Waals surface area (Å²) in [6.45, 7) is 4.21. The fourth-order valence-electron chi connectivity index (χ4n) is 1.97. The third-order valence-electron chi connectivity index (χ3n) is 3.16. The summed E-state index contributed by atoms with van der Waals surface area (Å²) in [4.78, 5) is 1.10. The van der Waals surface area contributed by atoms with Crippen LogP contribution in [0, 0.1) is 18.6 Å². The number of aryl methyl sites for hydroxylation is 2. The predicted molar refractivity (Wildman–Crippen MR) is 81.5 cm³/mol. The minimum atomic E-state index is 0.617. The molecular formula is C14H13N3S2. The molecular weight excluding hydrogens is 274 g/mol. The molecule has 5 heteroatoms. The summed E-state index contributed by atoms with van der Waals surface area (Å²) in [5.74, 6) is 0.864. The first-order valence-corrected chi connectivity index (χ1v) is 7.24. The van der Waals surface area contributed by atoms with Crippen molar-refractivity contribution in [3.05, 3.63) is 51.6 Å². The van der Waals surface area contributed by atoms with Gasteiger partial charge in [0.2, 0.25) is 0 Å². The first kappa shape index (κ1) is 12.3. The number of hydrogen-bond donors (Lipinski definition) is 1. The fourth-order valence-corrected chi connectivity index (χ4v) is 2.91. The topological polar surface area (TPSA) is 33.6 Å². The van der Waals surface area contributed by atoms with Crippen LogP contribution >= 0.6 is 23.6 Å². The lowest BCUT2D eigenvalue weighted by atomic mass is 10.1. The number of nitrogens with one attached hydrogen (secondary N) is 1. The van der Waals surface area contributed by atoms with Crippen molar-refractivity contribution in [3.8, 4) is 16.4 Å². The summed E-state index contributed by atoms with van der Waals surface area (Å²) in [5, 5.41) is 9.26. The molecule has 0 saturated heterocycles. The molecule has 0 aliphatic carbocycles. The number of aromatic nitrogens is 3. The standard InChI is InChI=1S/C14H13N3S2/c1-9-5-6-11(8-10(9)2)17-13(15-16-14(17)18)12-4-3-7-19-12/h3-8H,1-2H3,(H,16,18). The molecule has 0 aliphatic rings. The normalized spacial score (nSPS) is 10.8. The van der Waals surface area contributed by atoms with Crippen molar-refractivity contribution in [2.24, 2.45) is 0 Å². The summed E-state index contributed by atoms with van der Waals surface area (Å²) < 4.78 is 2.60. The van der Waals surface area contributed by atoms with E-state index in [0.29, 0.717) is 4.77 Å². The van der Waals surface area contributed by atoms with Gasteiger partial charge < -0.3 is 0 Å². The van der Waals surface area contributed by atoms with Crippen molar-refractivity contribution in [1.82, 2.24) is 14.8 Å². The molecule has 0 saturated carbocycles. The van der Waals surface area contributed by atoms with Gasteiger partial charge in [0, 0.05) is 0 Å². The third-order valence-corrected chi connectivity index (χ3v) is 4.30.